The highest BCUT2D eigenvalue weighted by Gasteiger charge is 2.07. The quantitative estimate of drug-likeness (QED) is 0.907. The Bertz CT molecular complexity index is 640. The maximum Gasteiger partial charge on any atom is 0.227 e. The molecule has 1 N–H and O–H groups in total. The third kappa shape index (κ3) is 4.60. The lowest BCUT2D eigenvalue weighted by Crippen LogP contribution is -2.16. The van der Waals surface area contributed by atoms with E-state index in [1.165, 1.54) is 6.07 Å². The predicted molar refractivity (Wildman–Crippen MR) is 81.1 cm³/mol. The van der Waals surface area contributed by atoms with Gasteiger partial charge in [0.15, 0.2) is 0 Å². The third-order valence-corrected chi connectivity index (χ3v) is 2.99. The summed E-state index contributed by atoms with van der Waals surface area (Å²) in [5.74, 6) is 0.0256. The predicted octanol–water partition coefficient (Wildman–Crippen LogP) is 3.85. The average molecular weight is 287 g/mol. The summed E-state index contributed by atoms with van der Waals surface area (Å²) in [6, 6.07) is 12.3. The van der Waals surface area contributed by atoms with E-state index in [2.05, 4.69) is 5.32 Å². The Hall–Kier alpha value is -2.36. The Balaban J connectivity index is 1.82. The summed E-state index contributed by atoms with van der Waals surface area (Å²) < 4.78 is 19.1. The number of halogens is 1. The van der Waals surface area contributed by atoms with Gasteiger partial charge in [-0.25, -0.2) is 4.39 Å². The molecule has 0 saturated carbocycles. The normalized spacial score (nSPS) is 10.2. The smallest absolute Gasteiger partial charge is 0.227 e. The second kappa shape index (κ2) is 6.88. The van der Waals surface area contributed by atoms with Gasteiger partial charge >= 0.3 is 0 Å². The van der Waals surface area contributed by atoms with Crippen LogP contribution in [-0.2, 0) is 4.79 Å². The molecular weight excluding hydrogens is 269 g/mol. The average Bonchev–Trinajstić information content (AvgIpc) is 2.42. The van der Waals surface area contributed by atoms with Crippen LogP contribution in [0.4, 0.5) is 10.1 Å². The number of amides is 1. The van der Waals surface area contributed by atoms with Crippen molar-refractivity contribution in [2.75, 3.05) is 11.9 Å². The summed E-state index contributed by atoms with van der Waals surface area (Å²) in [6.07, 6.45) is 0.168. The second-order valence-electron chi connectivity index (χ2n) is 4.95. The SMILES string of the molecule is Cc1cccc(OCCC(=O)Nc2ccc(C)cc2F)c1. The van der Waals surface area contributed by atoms with Crippen LogP contribution in [0.2, 0.25) is 0 Å². The van der Waals surface area contributed by atoms with Crippen LogP contribution in [0.15, 0.2) is 42.5 Å². The molecule has 0 atom stereocenters. The highest BCUT2D eigenvalue weighted by Crippen LogP contribution is 2.16. The number of ether oxygens (including phenoxy) is 1. The van der Waals surface area contributed by atoms with Crippen LogP contribution in [-0.4, -0.2) is 12.5 Å². The third-order valence-electron chi connectivity index (χ3n) is 2.99. The van der Waals surface area contributed by atoms with Gasteiger partial charge in [0.1, 0.15) is 11.6 Å². The standard InChI is InChI=1S/C17H18FNO2/c1-12-4-3-5-14(10-12)21-9-8-17(20)19-16-7-6-13(2)11-15(16)18/h3-7,10-11H,8-9H2,1-2H3,(H,19,20). The maximum atomic E-state index is 13.6. The van der Waals surface area contributed by atoms with Gasteiger partial charge in [0.05, 0.1) is 18.7 Å². The molecular formula is C17H18FNO2. The van der Waals surface area contributed by atoms with Crippen molar-refractivity contribution in [1.29, 1.82) is 0 Å². The molecule has 0 aliphatic heterocycles. The molecule has 0 aliphatic carbocycles. The molecule has 0 fully saturated rings. The zero-order valence-electron chi connectivity index (χ0n) is 12.2. The van der Waals surface area contributed by atoms with Crippen LogP contribution in [0.5, 0.6) is 5.75 Å². The molecule has 4 heteroatoms. The molecule has 21 heavy (non-hydrogen) atoms. The number of hydrogen-bond acceptors (Lipinski definition) is 2. The molecule has 0 unspecified atom stereocenters. The summed E-state index contributed by atoms with van der Waals surface area (Å²) in [7, 11) is 0. The van der Waals surface area contributed by atoms with Gasteiger partial charge in [-0.3, -0.25) is 4.79 Å². The van der Waals surface area contributed by atoms with Crippen LogP contribution in [0.25, 0.3) is 0 Å². The number of benzene rings is 2. The minimum Gasteiger partial charge on any atom is -0.493 e. The second-order valence-corrected chi connectivity index (χ2v) is 4.95. The van der Waals surface area contributed by atoms with E-state index in [0.717, 1.165) is 16.9 Å². The fourth-order valence-corrected chi connectivity index (χ4v) is 1.90. The van der Waals surface area contributed by atoms with E-state index in [1.807, 2.05) is 31.2 Å². The van der Waals surface area contributed by atoms with E-state index in [9.17, 15) is 9.18 Å². The summed E-state index contributed by atoms with van der Waals surface area (Å²) in [5, 5.41) is 2.54. The van der Waals surface area contributed by atoms with Crippen molar-refractivity contribution in [2.24, 2.45) is 0 Å². The first-order chi connectivity index (χ1) is 10.0. The highest BCUT2D eigenvalue weighted by molar-refractivity contribution is 5.90. The first-order valence-corrected chi connectivity index (χ1v) is 6.80. The molecule has 110 valence electrons. The van der Waals surface area contributed by atoms with Crippen molar-refractivity contribution in [3.8, 4) is 5.75 Å². The molecule has 0 radical (unpaired) electrons. The van der Waals surface area contributed by atoms with Crippen molar-refractivity contribution in [3.63, 3.8) is 0 Å². The van der Waals surface area contributed by atoms with E-state index in [0.29, 0.717) is 0 Å². The Kier molecular flexibility index (Phi) is 4.93. The van der Waals surface area contributed by atoms with Gasteiger partial charge in [0.25, 0.3) is 0 Å². The van der Waals surface area contributed by atoms with Gasteiger partial charge in [-0.05, 0) is 49.2 Å². The molecule has 0 aromatic heterocycles. The lowest BCUT2D eigenvalue weighted by Gasteiger charge is -2.09. The number of rotatable bonds is 5. The van der Waals surface area contributed by atoms with Crippen LogP contribution < -0.4 is 10.1 Å². The van der Waals surface area contributed by atoms with Gasteiger partial charge in [-0.1, -0.05) is 18.2 Å². The molecule has 2 rings (SSSR count). The molecule has 0 spiro atoms. The van der Waals surface area contributed by atoms with Gasteiger partial charge < -0.3 is 10.1 Å². The molecule has 0 bridgehead atoms. The van der Waals surface area contributed by atoms with E-state index < -0.39 is 5.82 Å². The van der Waals surface area contributed by atoms with Crippen molar-refractivity contribution in [2.45, 2.75) is 20.3 Å². The van der Waals surface area contributed by atoms with E-state index in [4.69, 9.17) is 4.74 Å². The first kappa shape index (κ1) is 15.0. The van der Waals surface area contributed by atoms with Gasteiger partial charge in [0, 0.05) is 0 Å². The minimum atomic E-state index is -0.428. The monoisotopic (exact) mass is 287 g/mol. The number of carbonyl (C=O) groups is 1. The maximum absolute atomic E-state index is 13.6. The van der Waals surface area contributed by atoms with Crippen LogP contribution >= 0.6 is 0 Å². The number of hydrogen-bond donors (Lipinski definition) is 1. The van der Waals surface area contributed by atoms with E-state index in [-0.39, 0.29) is 24.6 Å². The van der Waals surface area contributed by atoms with E-state index >= 15 is 0 Å². The lowest BCUT2D eigenvalue weighted by atomic mass is 10.2. The van der Waals surface area contributed by atoms with Crippen LogP contribution in [0.1, 0.15) is 17.5 Å². The number of anilines is 1. The molecule has 0 aliphatic rings. The van der Waals surface area contributed by atoms with Crippen molar-refractivity contribution < 1.29 is 13.9 Å². The topological polar surface area (TPSA) is 38.3 Å². The zero-order valence-corrected chi connectivity index (χ0v) is 12.2. The van der Waals surface area contributed by atoms with Crippen LogP contribution in [0.3, 0.4) is 0 Å². The van der Waals surface area contributed by atoms with E-state index in [1.54, 1.807) is 19.1 Å². The minimum absolute atomic E-state index is 0.168. The fourth-order valence-electron chi connectivity index (χ4n) is 1.90. The van der Waals surface area contributed by atoms with Crippen molar-refractivity contribution in [3.05, 3.63) is 59.4 Å². The van der Waals surface area contributed by atoms with Gasteiger partial charge in [-0.15, -0.1) is 0 Å². The number of carbonyl (C=O) groups excluding carboxylic acids is 1. The molecule has 1 amide bonds. The Morgan fingerprint density at radius 1 is 1.14 bits per heavy atom. The van der Waals surface area contributed by atoms with Crippen molar-refractivity contribution >= 4 is 11.6 Å². The fraction of sp³-hybridized carbons (Fsp3) is 0.235. The highest BCUT2D eigenvalue weighted by atomic mass is 19.1. The lowest BCUT2D eigenvalue weighted by molar-refractivity contribution is -0.116. The Labute approximate surface area is 123 Å². The number of aryl methyl sites for hydroxylation is 2. The van der Waals surface area contributed by atoms with Crippen molar-refractivity contribution in [1.82, 2.24) is 0 Å². The summed E-state index contributed by atoms with van der Waals surface area (Å²) in [6.45, 7) is 4.02. The summed E-state index contributed by atoms with van der Waals surface area (Å²) >= 11 is 0. The Morgan fingerprint density at radius 3 is 2.62 bits per heavy atom. The molecule has 0 heterocycles. The molecule has 3 nitrogen and oxygen atoms in total. The van der Waals surface area contributed by atoms with Gasteiger partial charge in [-0.2, -0.15) is 0 Å². The Morgan fingerprint density at radius 2 is 1.90 bits per heavy atom. The van der Waals surface area contributed by atoms with Gasteiger partial charge in [0.2, 0.25) is 5.91 Å². The molecule has 2 aromatic rings. The summed E-state index contributed by atoms with van der Waals surface area (Å²) in [5.41, 5.74) is 2.10. The van der Waals surface area contributed by atoms with Crippen LogP contribution in [0, 0.1) is 19.7 Å². The number of nitrogens with one attached hydrogen (secondary N) is 1. The molecule has 0 saturated heterocycles. The zero-order chi connectivity index (χ0) is 15.2. The molecule has 2 aromatic carbocycles. The first-order valence-electron chi connectivity index (χ1n) is 6.80. The largest absolute Gasteiger partial charge is 0.493 e. The summed E-state index contributed by atoms with van der Waals surface area (Å²) in [4.78, 5) is 11.7.